The molecule has 2 aromatic heterocycles. The van der Waals surface area contributed by atoms with Gasteiger partial charge in [0.15, 0.2) is 0 Å². The molecule has 0 atom stereocenters. The van der Waals surface area contributed by atoms with Crippen LogP contribution in [0.1, 0.15) is 63.9 Å². The summed E-state index contributed by atoms with van der Waals surface area (Å²) in [6.07, 6.45) is 1.94. The minimum absolute atomic E-state index is 0.0851. The van der Waals surface area contributed by atoms with Gasteiger partial charge >= 0.3 is 6.18 Å². The number of nitrogens with zero attached hydrogens (tertiary/aromatic N) is 4. The Labute approximate surface area is 216 Å². The normalized spacial score (nSPS) is 15.1. The smallest absolute Gasteiger partial charge is 0.396 e. The molecule has 36 heavy (non-hydrogen) atoms. The molecule has 206 valence electrons. The summed E-state index contributed by atoms with van der Waals surface area (Å²) in [6, 6.07) is -0.115. The molecule has 1 aliphatic heterocycles. The van der Waals surface area contributed by atoms with Gasteiger partial charge < -0.3 is 10.4 Å². The summed E-state index contributed by atoms with van der Waals surface area (Å²) < 4.78 is 64.4. The maximum Gasteiger partial charge on any atom is 0.420 e. The molecule has 0 aromatic carbocycles. The first kappa shape index (κ1) is 32.2. The number of alkyl halides is 3. The number of piperidine rings is 1. The number of aliphatic hydroxyl groups is 1. The van der Waals surface area contributed by atoms with Gasteiger partial charge in [0.25, 0.3) is 0 Å². The van der Waals surface area contributed by atoms with Gasteiger partial charge in [-0.25, -0.2) is 27.7 Å². The van der Waals surface area contributed by atoms with Crippen molar-refractivity contribution in [2.24, 2.45) is 5.92 Å². The number of hydrogen-bond acceptors (Lipinski definition) is 8. The number of aryl methyl sites for hydroxylation is 1. The van der Waals surface area contributed by atoms with Gasteiger partial charge in [0, 0.05) is 38.1 Å². The number of aliphatic hydroxyl groups excluding tert-OH is 1. The van der Waals surface area contributed by atoms with E-state index in [1.165, 1.54) is 16.9 Å². The molecule has 0 spiro atoms. The summed E-state index contributed by atoms with van der Waals surface area (Å²) in [5.41, 5.74) is -1.12. The molecular formula is C23H38F3N5O3S2. The van der Waals surface area contributed by atoms with Gasteiger partial charge in [0.1, 0.15) is 5.56 Å². The lowest BCUT2D eigenvalue weighted by Gasteiger charge is -2.30. The fraction of sp³-hybridized carbons (Fsp3) is 0.696. The topological polar surface area (TPSA) is 108 Å². The first-order valence-corrected chi connectivity index (χ1v) is 14.6. The number of aromatic nitrogens is 3. The first-order chi connectivity index (χ1) is 16.7. The van der Waals surface area contributed by atoms with Crippen LogP contribution in [0.2, 0.25) is 0 Å². The molecule has 13 heteroatoms. The number of nitrogens with one attached hydrogen (secondary N) is 1. The number of halogens is 3. The molecule has 2 aromatic rings. The Morgan fingerprint density at radius 3 is 2.14 bits per heavy atom. The Morgan fingerprint density at radius 2 is 1.75 bits per heavy atom. The maximum absolute atomic E-state index is 13.3. The SMILES string of the molecule is CCC(C)C.CCCO.Cc1ncc(-c2nc(NC3CCN(S(C)(=O)=O)CC3)ncc2C(F)(F)F)s1. The van der Waals surface area contributed by atoms with Crippen LogP contribution in [0.3, 0.4) is 0 Å². The zero-order valence-corrected chi connectivity index (χ0v) is 23.4. The van der Waals surface area contributed by atoms with Gasteiger partial charge in [-0.05, 0) is 32.1 Å². The van der Waals surface area contributed by atoms with Crippen molar-refractivity contribution in [1.82, 2.24) is 19.3 Å². The Kier molecular flexibility index (Phi) is 13.2. The van der Waals surface area contributed by atoms with E-state index >= 15 is 0 Å². The number of hydrogen-bond donors (Lipinski definition) is 2. The van der Waals surface area contributed by atoms with Crippen molar-refractivity contribution in [3.63, 3.8) is 0 Å². The summed E-state index contributed by atoms with van der Waals surface area (Å²) >= 11 is 1.13. The van der Waals surface area contributed by atoms with Crippen LogP contribution in [0.25, 0.3) is 10.6 Å². The average molecular weight is 554 g/mol. The third-order valence-electron chi connectivity index (χ3n) is 5.25. The monoisotopic (exact) mass is 553 g/mol. The molecule has 0 radical (unpaired) electrons. The zero-order valence-electron chi connectivity index (χ0n) is 21.8. The zero-order chi connectivity index (χ0) is 27.5. The van der Waals surface area contributed by atoms with Gasteiger partial charge in [0.05, 0.1) is 21.8 Å². The minimum atomic E-state index is -4.58. The predicted molar refractivity (Wildman–Crippen MR) is 138 cm³/mol. The Morgan fingerprint density at radius 1 is 1.19 bits per heavy atom. The third kappa shape index (κ3) is 11.1. The molecule has 0 saturated carbocycles. The van der Waals surface area contributed by atoms with Gasteiger partial charge in [-0.1, -0.05) is 34.1 Å². The first-order valence-electron chi connectivity index (χ1n) is 11.9. The highest BCUT2D eigenvalue weighted by Gasteiger charge is 2.36. The second-order valence-electron chi connectivity index (χ2n) is 8.80. The van der Waals surface area contributed by atoms with Crippen molar-refractivity contribution in [3.05, 3.63) is 23.0 Å². The average Bonchev–Trinajstić information content (AvgIpc) is 3.25. The van der Waals surface area contributed by atoms with Crippen molar-refractivity contribution in [3.8, 4) is 10.6 Å². The molecule has 1 aliphatic rings. The standard InChI is InChI=1S/C15H18F3N5O2S2.C5H12.C3H8O/c1-9-19-8-12(26-9)13-11(15(16,17)18)7-20-14(22-13)21-10-3-5-23(6-4-10)27(2,24)25;1-4-5(2)3;1-2-3-4/h7-8,10H,3-6H2,1-2H3,(H,20,21,22);5H,4H2,1-3H3;4H,2-3H2,1H3. The molecule has 0 unspecified atom stereocenters. The van der Waals surface area contributed by atoms with Crippen LogP contribution in [-0.2, 0) is 16.2 Å². The summed E-state index contributed by atoms with van der Waals surface area (Å²) in [5, 5.41) is 11.5. The van der Waals surface area contributed by atoms with Crippen molar-refractivity contribution < 1.29 is 26.7 Å². The highest BCUT2D eigenvalue weighted by Crippen LogP contribution is 2.38. The van der Waals surface area contributed by atoms with E-state index in [-0.39, 0.29) is 17.7 Å². The van der Waals surface area contributed by atoms with Gasteiger partial charge in [-0.15, -0.1) is 11.3 Å². The van der Waals surface area contributed by atoms with Crippen molar-refractivity contribution in [1.29, 1.82) is 0 Å². The Bertz CT molecular complexity index is 1020. The van der Waals surface area contributed by atoms with E-state index < -0.39 is 21.8 Å². The van der Waals surface area contributed by atoms with E-state index in [0.29, 0.717) is 42.4 Å². The van der Waals surface area contributed by atoms with Crippen LogP contribution in [0.4, 0.5) is 19.1 Å². The molecule has 0 aliphatic carbocycles. The molecule has 3 rings (SSSR count). The van der Waals surface area contributed by atoms with E-state index in [1.807, 2.05) is 6.92 Å². The van der Waals surface area contributed by atoms with Crippen LogP contribution in [0.15, 0.2) is 12.4 Å². The van der Waals surface area contributed by atoms with E-state index in [1.54, 1.807) is 6.92 Å². The Hall–Kier alpha value is -1.83. The summed E-state index contributed by atoms with van der Waals surface area (Å²) in [7, 11) is -3.24. The summed E-state index contributed by atoms with van der Waals surface area (Å²) in [4.78, 5) is 12.2. The van der Waals surface area contributed by atoms with Crippen molar-refractivity contribution in [2.45, 2.75) is 72.5 Å². The van der Waals surface area contributed by atoms with E-state index in [2.05, 4.69) is 41.0 Å². The largest absolute Gasteiger partial charge is 0.420 e. The molecule has 1 saturated heterocycles. The van der Waals surface area contributed by atoms with Crippen LogP contribution in [0, 0.1) is 12.8 Å². The predicted octanol–water partition coefficient (Wildman–Crippen LogP) is 5.20. The third-order valence-corrected chi connectivity index (χ3v) is 7.47. The van der Waals surface area contributed by atoms with E-state index in [9.17, 15) is 21.6 Å². The molecule has 0 bridgehead atoms. The van der Waals surface area contributed by atoms with Crippen LogP contribution < -0.4 is 5.32 Å². The number of thiazole rings is 1. The van der Waals surface area contributed by atoms with Crippen LogP contribution in [-0.4, -0.2) is 64.8 Å². The lowest BCUT2D eigenvalue weighted by molar-refractivity contribution is -0.137. The lowest BCUT2D eigenvalue weighted by atomic mass is 10.1. The molecule has 0 amide bonds. The van der Waals surface area contributed by atoms with Gasteiger partial charge in [-0.3, -0.25) is 0 Å². The quantitative estimate of drug-likeness (QED) is 0.506. The van der Waals surface area contributed by atoms with Crippen LogP contribution >= 0.6 is 11.3 Å². The lowest BCUT2D eigenvalue weighted by Crippen LogP contribution is -2.42. The highest BCUT2D eigenvalue weighted by molar-refractivity contribution is 7.88. The van der Waals surface area contributed by atoms with Gasteiger partial charge in [-0.2, -0.15) is 13.2 Å². The summed E-state index contributed by atoms with van der Waals surface area (Å²) in [6.45, 7) is 11.3. The molecule has 8 nitrogen and oxygen atoms in total. The fourth-order valence-corrected chi connectivity index (χ4v) is 4.49. The highest BCUT2D eigenvalue weighted by atomic mass is 32.2. The fourth-order valence-electron chi connectivity index (χ4n) is 2.83. The maximum atomic E-state index is 13.3. The second-order valence-corrected chi connectivity index (χ2v) is 12.0. The number of anilines is 1. The van der Waals surface area contributed by atoms with Crippen molar-refractivity contribution >= 4 is 27.3 Å². The number of sulfonamides is 1. The molecule has 1 fully saturated rings. The molecular weight excluding hydrogens is 515 g/mol. The molecule has 2 N–H and O–H groups in total. The second kappa shape index (κ2) is 14.8. The van der Waals surface area contributed by atoms with Crippen LogP contribution in [0.5, 0.6) is 0 Å². The van der Waals surface area contributed by atoms with Crippen molar-refractivity contribution in [2.75, 3.05) is 31.3 Å². The minimum Gasteiger partial charge on any atom is -0.396 e. The van der Waals surface area contributed by atoms with E-state index in [0.717, 1.165) is 36.1 Å². The number of rotatable bonds is 6. The Balaban J connectivity index is 0.000000620. The summed E-state index contributed by atoms with van der Waals surface area (Å²) in [5.74, 6) is 0.969. The van der Waals surface area contributed by atoms with Gasteiger partial charge in [0.2, 0.25) is 16.0 Å². The molecule has 3 heterocycles. The van der Waals surface area contributed by atoms with E-state index in [4.69, 9.17) is 5.11 Å².